The number of aromatic nitrogens is 1. The highest BCUT2D eigenvalue weighted by Gasteiger charge is 2.11. The van der Waals surface area contributed by atoms with E-state index in [-0.39, 0.29) is 0 Å². The lowest BCUT2D eigenvalue weighted by Gasteiger charge is -2.13. The molecule has 1 heterocycles. The van der Waals surface area contributed by atoms with Gasteiger partial charge in [-0.25, -0.2) is 4.98 Å². The Labute approximate surface area is 128 Å². The van der Waals surface area contributed by atoms with Gasteiger partial charge in [0, 0.05) is 28.1 Å². The second kappa shape index (κ2) is 5.72. The predicted molar refractivity (Wildman–Crippen MR) is 85.9 cm³/mol. The third-order valence-corrected chi connectivity index (χ3v) is 3.71. The fourth-order valence-electron chi connectivity index (χ4n) is 2.24. The largest absolute Gasteiger partial charge is 0.438 e. The minimum absolute atomic E-state index is 0.321. The number of hydrogen-bond acceptors (Lipinski definition) is 3. The zero-order valence-corrected chi connectivity index (χ0v) is 12.4. The molecule has 0 unspecified atom stereocenters. The average molecular weight is 299 g/mol. The van der Waals surface area contributed by atoms with Crippen LogP contribution in [0.5, 0.6) is 11.6 Å². The Morgan fingerprint density at radius 1 is 1.14 bits per heavy atom. The first-order valence-electron chi connectivity index (χ1n) is 6.70. The molecule has 4 heteroatoms. The topological polar surface area (TPSA) is 48.1 Å². The van der Waals surface area contributed by atoms with E-state index in [0.717, 1.165) is 22.0 Å². The van der Waals surface area contributed by atoms with Crippen molar-refractivity contribution in [2.75, 3.05) is 0 Å². The van der Waals surface area contributed by atoms with Crippen LogP contribution in [-0.2, 0) is 6.54 Å². The minimum Gasteiger partial charge on any atom is -0.438 e. The second-order valence-corrected chi connectivity index (χ2v) is 5.23. The summed E-state index contributed by atoms with van der Waals surface area (Å²) >= 11 is 6.15. The monoisotopic (exact) mass is 298 g/mol. The molecule has 0 atom stereocenters. The SMILES string of the molecule is Cc1cc2ccccc2nc1Oc1cccc(Cl)c1CN. The van der Waals surface area contributed by atoms with Gasteiger partial charge in [0.2, 0.25) is 5.88 Å². The van der Waals surface area contributed by atoms with E-state index < -0.39 is 0 Å². The molecule has 0 fully saturated rings. The molecule has 0 bridgehead atoms. The van der Waals surface area contributed by atoms with Crippen LogP contribution in [0.1, 0.15) is 11.1 Å². The van der Waals surface area contributed by atoms with Gasteiger partial charge in [0.1, 0.15) is 5.75 Å². The molecule has 2 N–H and O–H groups in total. The van der Waals surface area contributed by atoms with Gasteiger partial charge >= 0.3 is 0 Å². The van der Waals surface area contributed by atoms with Gasteiger partial charge in [-0.1, -0.05) is 35.9 Å². The summed E-state index contributed by atoms with van der Waals surface area (Å²) in [6, 6.07) is 15.5. The number of pyridine rings is 1. The Morgan fingerprint density at radius 2 is 1.95 bits per heavy atom. The Hall–Kier alpha value is -2.10. The van der Waals surface area contributed by atoms with E-state index in [4.69, 9.17) is 22.1 Å². The third-order valence-electron chi connectivity index (χ3n) is 3.35. The molecule has 3 rings (SSSR count). The lowest BCUT2D eigenvalue weighted by Crippen LogP contribution is -2.01. The summed E-state index contributed by atoms with van der Waals surface area (Å²) in [5.41, 5.74) is 8.40. The van der Waals surface area contributed by atoms with Gasteiger partial charge in [-0.05, 0) is 31.2 Å². The molecule has 106 valence electrons. The summed E-state index contributed by atoms with van der Waals surface area (Å²) in [5, 5.41) is 1.70. The number of ether oxygens (including phenoxy) is 1. The zero-order valence-electron chi connectivity index (χ0n) is 11.6. The van der Waals surface area contributed by atoms with Crippen molar-refractivity contribution in [1.82, 2.24) is 4.98 Å². The van der Waals surface area contributed by atoms with Crippen LogP contribution in [-0.4, -0.2) is 4.98 Å². The van der Waals surface area contributed by atoms with Crippen LogP contribution >= 0.6 is 11.6 Å². The van der Waals surface area contributed by atoms with Crippen molar-refractivity contribution in [2.45, 2.75) is 13.5 Å². The lowest BCUT2D eigenvalue weighted by molar-refractivity contribution is 0.455. The van der Waals surface area contributed by atoms with Gasteiger partial charge < -0.3 is 10.5 Å². The fourth-order valence-corrected chi connectivity index (χ4v) is 2.49. The molecule has 0 aliphatic rings. The summed E-state index contributed by atoms with van der Waals surface area (Å²) in [6.45, 7) is 2.29. The maximum Gasteiger partial charge on any atom is 0.222 e. The van der Waals surface area contributed by atoms with Gasteiger partial charge in [-0.2, -0.15) is 0 Å². The summed E-state index contributed by atoms with van der Waals surface area (Å²) in [6.07, 6.45) is 0. The van der Waals surface area contributed by atoms with E-state index in [1.54, 1.807) is 6.07 Å². The van der Waals surface area contributed by atoms with Crippen LogP contribution in [0.4, 0.5) is 0 Å². The van der Waals surface area contributed by atoms with E-state index in [0.29, 0.717) is 23.2 Å². The molecule has 0 aliphatic heterocycles. The van der Waals surface area contributed by atoms with E-state index in [1.807, 2.05) is 43.3 Å². The normalized spacial score (nSPS) is 10.8. The number of rotatable bonds is 3. The van der Waals surface area contributed by atoms with Crippen LogP contribution in [0.2, 0.25) is 5.02 Å². The number of para-hydroxylation sites is 1. The van der Waals surface area contributed by atoms with Gasteiger partial charge in [0.25, 0.3) is 0 Å². The van der Waals surface area contributed by atoms with E-state index in [2.05, 4.69) is 11.1 Å². The minimum atomic E-state index is 0.321. The van der Waals surface area contributed by atoms with Crippen LogP contribution in [0.25, 0.3) is 10.9 Å². The lowest BCUT2D eigenvalue weighted by atomic mass is 10.1. The number of fused-ring (bicyclic) bond motifs is 1. The standard InChI is InChI=1S/C17H15ClN2O/c1-11-9-12-5-2-3-7-15(12)20-17(11)21-16-8-4-6-14(18)13(16)10-19/h2-9H,10,19H2,1H3. The molecule has 0 saturated heterocycles. The summed E-state index contributed by atoms with van der Waals surface area (Å²) < 4.78 is 5.94. The first-order valence-corrected chi connectivity index (χ1v) is 7.08. The molecule has 1 aromatic heterocycles. The Morgan fingerprint density at radius 3 is 2.76 bits per heavy atom. The molecule has 0 aliphatic carbocycles. The molecule has 0 amide bonds. The molecule has 3 nitrogen and oxygen atoms in total. The molecular weight excluding hydrogens is 284 g/mol. The van der Waals surface area contributed by atoms with Gasteiger partial charge in [0.15, 0.2) is 0 Å². The van der Waals surface area contributed by atoms with E-state index in [1.165, 1.54) is 0 Å². The van der Waals surface area contributed by atoms with Crippen LogP contribution in [0, 0.1) is 6.92 Å². The van der Waals surface area contributed by atoms with Gasteiger partial charge in [0.05, 0.1) is 5.52 Å². The molecule has 2 aromatic carbocycles. The van der Waals surface area contributed by atoms with Crippen molar-refractivity contribution < 1.29 is 4.74 Å². The van der Waals surface area contributed by atoms with Crippen molar-refractivity contribution in [1.29, 1.82) is 0 Å². The molecular formula is C17H15ClN2O. The molecule has 0 radical (unpaired) electrons. The summed E-state index contributed by atoms with van der Waals surface area (Å²) in [5.74, 6) is 1.22. The highest BCUT2D eigenvalue weighted by atomic mass is 35.5. The highest BCUT2D eigenvalue weighted by Crippen LogP contribution is 2.31. The van der Waals surface area contributed by atoms with Gasteiger partial charge in [-0.15, -0.1) is 0 Å². The maximum atomic E-state index is 6.15. The van der Waals surface area contributed by atoms with Gasteiger partial charge in [-0.3, -0.25) is 0 Å². The second-order valence-electron chi connectivity index (χ2n) is 4.83. The number of nitrogens with two attached hydrogens (primary N) is 1. The van der Waals surface area contributed by atoms with Crippen LogP contribution in [0.15, 0.2) is 48.5 Å². The van der Waals surface area contributed by atoms with Crippen molar-refractivity contribution >= 4 is 22.5 Å². The highest BCUT2D eigenvalue weighted by molar-refractivity contribution is 6.31. The number of halogens is 1. The Bertz CT molecular complexity index is 802. The summed E-state index contributed by atoms with van der Waals surface area (Å²) in [4.78, 5) is 4.57. The first-order chi connectivity index (χ1) is 10.2. The molecule has 21 heavy (non-hydrogen) atoms. The molecule has 0 spiro atoms. The van der Waals surface area contributed by atoms with E-state index in [9.17, 15) is 0 Å². The molecule has 0 saturated carbocycles. The van der Waals surface area contributed by atoms with Crippen molar-refractivity contribution in [3.63, 3.8) is 0 Å². The summed E-state index contributed by atoms with van der Waals surface area (Å²) in [7, 11) is 0. The van der Waals surface area contributed by atoms with Crippen molar-refractivity contribution in [3.8, 4) is 11.6 Å². The number of nitrogens with zero attached hydrogens (tertiary/aromatic N) is 1. The van der Waals surface area contributed by atoms with Crippen LogP contribution < -0.4 is 10.5 Å². The number of benzene rings is 2. The smallest absolute Gasteiger partial charge is 0.222 e. The Balaban J connectivity index is 2.06. The quantitative estimate of drug-likeness (QED) is 0.777. The van der Waals surface area contributed by atoms with Crippen molar-refractivity contribution in [2.24, 2.45) is 5.73 Å². The zero-order chi connectivity index (χ0) is 14.8. The Kier molecular flexibility index (Phi) is 3.78. The first kappa shape index (κ1) is 13.9. The third kappa shape index (κ3) is 2.71. The van der Waals surface area contributed by atoms with E-state index >= 15 is 0 Å². The van der Waals surface area contributed by atoms with Crippen molar-refractivity contribution in [3.05, 3.63) is 64.7 Å². The fraction of sp³-hybridized carbons (Fsp3) is 0.118. The average Bonchev–Trinajstić information content (AvgIpc) is 2.48. The molecule has 3 aromatic rings. The number of hydrogen-bond donors (Lipinski definition) is 1. The maximum absolute atomic E-state index is 6.15. The number of aryl methyl sites for hydroxylation is 1. The van der Waals surface area contributed by atoms with Crippen LogP contribution in [0.3, 0.4) is 0 Å². The predicted octanol–water partition coefficient (Wildman–Crippen LogP) is 4.45.